The van der Waals surface area contributed by atoms with E-state index in [-0.39, 0.29) is 0 Å². The second-order valence-corrected chi connectivity index (χ2v) is 6.10. The molecule has 0 saturated carbocycles. The van der Waals surface area contributed by atoms with Crippen LogP contribution in [0.5, 0.6) is 0 Å². The molecule has 0 saturated heterocycles. The summed E-state index contributed by atoms with van der Waals surface area (Å²) in [5, 5.41) is 7.96. The Hall–Kier alpha value is -1.13. The van der Waals surface area contributed by atoms with E-state index in [0.29, 0.717) is 5.92 Å². The van der Waals surface area contributed by atoms with Crippen molar-refractivity contribution in [2.75, 3.05) is 13.1 Å². The van der Waals surface area contributed by atoms with Gasteiger partial charge >= 0.3 is 0 Å². The first-order chi connectivity index (χ1) is 9.67. The molecule has 20 heavy (non-hydrogen) atoms. The normalized spacial score (nSPS) is 12.6. The van der Waals surface area contributed by atoms with Gasteiger partial charge in [-0.2, -0.15) is 5.10 Å². The first kappa shape index (κ1) is 15.3. The van der Waals surface area contributed by atoms with E-state index >= 15 is 0 Å². The van der Waals surface area contributed by atoms with Gasteiger partial charge in [-0.1, -0.05) is 35.0 Å². The number of nitrogens with one attached hydrogen (secondary N) is 1. The third-order valence-corrected chi connectivity index (χ3v) is 3.92. The monoisotopic (exact) mass is 335 g/mol. The third-order valence-electron chi connectivity index (χ3n) is 3.39. The van der Waals surface area contributed by atoms with Crippen molar-refractivity contribution in [3.63, 3.8) is 0 Å². The quantitative estimate of drug-likeness (QED) is 0.842. The Kier molecular flexibility index (Phi) is 5.80. The smallest absolute Gasteiger partial charge is 0.0627 e. The first-order valence-corrected chi connectivity index (χ1v) is 7.90. The molecular weight excluding hydrogens is 314 g/mol. The largest absolute Gasteiger partial charge is 0.317 e. The minimum Gasteiger partial charge on any atom is -0.317 e. The van der Waals surface area contributed by atoms with E-state index in [1.54, 1.807) is 0 Å². The van der Waals surface area contributed by atoms with Gasteiger partial charge in [-0.3, -0.25) is 4.68 Å². The van der Waals surface area contributed by atoms with Crippen LogP contribution in [0.3, 0.4) is 0 Å². The first-order valence-electron chi connectivity index (χ1n) is 7.11. The Labute approximate surface area is 129 Å². The number of aromatic nitrogens is 2. The van der Waals surface area contributed by atoms with E-state index in [1.165, 1.54) is 11.3 Å². The lowest BCUT2D eigenvalue weighted by Crippen LogP contribution is -2.25. The maximum atomic E-state index is 4.50. The van der Waals surface area contributed by atoms with Gasteiger partial charge in [0, 0.05) is 17.7 Å². The van der Waals surface area contributed by atoms with Crippen molar-refractivity contribution in [3.05, 3.63) is 52.3 Å². The van der Waals surface area contributed by atoms with Crippen LogP contribution in [0.25, 0.3) is 0 Å². The molecule has 2 aromatic rings. The van der Waals surface area contributed by atoms with Crippen molar-refractivity contribution in [2.45, 2.75) is 19.8 Å². The van der Waals surface area contributed by atoms with Crippen LogP contribution in [0.4, 0.5) is 0 Å². The summed E-state index contributed by atoms with van der Waals surface area (Å²) in [6, 6.07) is 10.7. The number of aryl methyl sites for hydroxylation is 1. The van der Waals surface area contributed by atoms with E-state index in [0.717, 1.165) is 30.4 Å². The number of hydrogen-bond donors (Lipinski definition) is 1. The molecule has 1 heterocycles. The predicted octanol–water partition coefficient (Wildman–Crippen LogP) is 3.19. The van der Waals surface area contributed by atoms with Crippen molar-refractivity contribution in [2.24, 2.45) is 13.0 Å². The molecule has 0 amide bonds. The molecule has 4 heteroatoms. The zero-order valence-corrected chi connectivity index (χ0v) is 13.7. The van der Waals surface area contributed by atoms with Crippen molar-refractivity contribution >= 4 is 15.9 Å². The average Bonchev–Trinajstić information content (AvgIpc) is 2.84. The van der Waals surface area contributed by atoms with Crippen LogP contribution in [-0.4, -0.2) is 22.9 Å². The lowest BCUT2D eigenvalue weighted by atomic mass is 9.94. The van der Waals surface area contributed by atoms with Gasteiger partial charge in [-0.15, -0.1) is 0 Å². The fourth-order valence-electron chi connectivity index (χ4n) is 2.39. The molecule has 108 valence electrons. The summed E-state index contributed by atoms with van der Waals surface area (Å²) < 4.78 is 3.01. The third kappa shape index (κ3) is 4.76. The molecule has 3 nitrogen and oxygen atoms in total. The predicted molar refractivity (Wildman–Crippen MR) is 86.8 cm³/mol. The molecule has 2 rings (SSSR count). The van der Waals surface area contributed by atoms with Gasteiger partial charge in [0.25, 0.3) is 0 Å². The van der Waals surface area contributed by atoms with E-state index in [2.05, 4.69) is 63.6 Å². The number of benzene rings is 1. The lowest BCUT2D eigenvalue weighted by Gasteiger charge is -2.16. The topological polar surface area (TPSA) is 29.9 Å². The maximum Gasteiger partial charge on any atom is 0.0627 e. The second-order valence-electron chi connectivity index (χ2n) is 5.19. The Morgan fingerprint density at radius 3 is 2.55 bits per heavy atom. The summed E-state index contributed by atoms with van der Waals surface area (Å²) in [6.45, 7) is 4.19. The molecule has 0 spiro atoms. The van der Waals surface area contributed by atoms with Crippen molar-refractivity contribution in [3.8, 4) is 0 Å². The summed E-state index contributed by atoms with van der Waals surface area (Å²) in [7, 11) is 1.97. The highest BCUT2D eigenvalue weighted by Gasteiger charge is 2.12. The highest BCUT2D eigenvalue weighted by atomic mass is 79.9. The maximum absolute atomic E-state index is 4.50. The van der Waals surface area contributed by atoms with Crippen molar-refractivity contribution in [1.82, 2.24) is 15.1 Å². The molecule has 1 atom stereocenters. The minimum absolute atomic E-state index is 0.575. The van der Waals surface area contributed by atoms with Gasteiger partial charge in [0.1, 0.15) is 0 Å². The molecule has 0 radical (unpaired) electrons. The molecule has 1 aromatic carbocycles. The standard InChI is InChI=1S/C16H22BrN3/c1-3-18-12-14(11-16-8-9-20(2)19-16)10-13-4-6-15(17)7-5-13/h4-9,14,18H,3,10-12H2,1-2H3. The van der Waals surface area contributed by atoms with Crippen molar-refractivity contribution in [1.29, 1.82) is 0 Å². The Morgan fingerprint density at radius 1 is 1.20 bits per heavy atom. The highest BCUT2D eigenvalue weighted by molar-refractivity contribution is 9.10. The van der Waals surface area contributed by atoms with Gasteiger partial charge in [-0.05, 0) is 55.6 Å². The summed E-state index contributed by atoms with van der Waals surface area (Å²) >= 11 is 3.49. The van der Waals surface area contributed by atoms with Crippen LogP contribution in [0, 0.1) is 5.92 Å². The van der Waals surface area contributed by atoms with Gasteiger partial charge in [0.15, 0.2) is 0 Å². The van der Waals surface area contributed by atoms with Crippen LogP contribution < -0.4 is 5.32 Å². The average molecular weight is 336 g/mol. The molecule has 1 aromatic heterocycles. The lowest BCUT2D eigenvalue weighted by molar-refractivity contribution is 0.471. The van der Waals surface area contributed by atoms with E-state index in [9.17, 15) is 0 Å². The number of hydrogen-bond acceptors (Lipinski definition) is 2. The fourth-order valence-corrected chi connectivity index (χ4v) is 2.65. The van der Waals surface area contributed by atoms with Crippen LogP contribution in [0.2, 0.25) is 0 Å². The van der Waals surface area contributed by atoms with Crippen LogP contribution in [0.1, 0.15) is 18.2 Å². The molecule has 0 aliphatic carbocycles. The Morgan fingerprint density at radius 2 is 1.95 bits per heavy atom. The molecule has 0 fully saturated rings. The van der Waals surface area contributed by atoms with Crippen LogP contribution in [-0.2, 0) is 19.9 Å². The SMILES string of the molecule is CCNCC(Cc1ccc(Br)cc1)Cc1ccn(C)n1. The summed E-state index contributed by atoms with van der Waals surface area (Å²) in [5.74, 6) is 0.575. The van der Waals surface area contributed by atoms with E-state index < -0.39 is 0 Å². The van der Waals surface area contributed by atoms with Gasteiger partial charge in [-0.25, -0.2) is 0 Å². The van der Waals surface area contributed by atoms with Gasteiger partial charge in [0.2, 0.25) is 0 Å². The molecule has 0 bridgehead atoms. The zero-order valence-electron chi connectivity index (χ0n) is 12.1. The fraction of sp³-hybridized carbons (Fsp3) is 0.438. The summed E-state index contributed by atoms with van der Waals surface area (Å²) in [6.07, 6.45) is 4.11. The molecule has 1 N–H and O–H groups in total. The Bertz CT molecular complexity index is 519. The molecular formula is C16H22BrN3. The Balaban J connectivity index is 2.00. The van der Waals surface area contributed by atoms with Crippen molar-refractivity contribution < 1.29 is 0 Å². The van der Waals surface area contributed by atoms with Crippen LogP contribution in [0.15, 0.2) is 41.0 Å². The van der Waals surface area contributed by atoms with E-state index in [4.69, 9.17) is 0 Å². The second kappa shape index (κ2) is 7.60. The highest BCUT2D eigenvalue weighted by Crippen LogP contribution is 2.16. The summed E-state index contributed by atoms with van der Waals surface area (Å²) in [5.41, 5.74) is 2.56. The number of rotatable bonds is 7. The minimum atomic E-state index is 0.575. The van der Waals surface area contributed by atoms with Gasteiger partial charge < -0.3 is 5.32 Å². The molecule has 0 aliphatic rings. The molecule has 0 aliphatic heterocycles. The number of nitrogens with zero attached hydrogens (tertiary/aromatic N) is 2. The zero-order chi connectivity index (χ0) is 14.4. The molecule has 1 unspecified atom stereocenters. The summed E-state index contributed by atoms with van der Waals surface area (Å²) in [4.78, 5) is 0. The van der Waals surface area contributed by atoms with Crippen LogP contribution >= 0.6 is 15.9 Å². The van der Waals surface area contributed by atoms with E-state index in [1.807, 2.05) is 17.9 Å². The van der Waals surface area contributed by atoms with Gasteiger partial charge in [0.05, 0.1) is 5.69 Å². The number of halogens is 1.